The maximum absolute atomic E-state index is 10.8. The van der Waals surface area contributed by atoms with Crippen LogP contribution in [0.25, 0.3) is 0 Å². The molecule has 0 aliphatic heterocycles. The molecule has 2 heterocycles. The van der Waals surface area contributed by atoms with Crippen LogP contribution < -0.4 is 4.90 Å². The minimum absolute atomic E-state index is 0.368. The summed E-state index contributed by atoms with van der Waals surface area (Å²) in [6.07, 6.45) is 0. The minimum Gasteiger partial charge on any atom is -0.477 e. The highest BCUT2D eigenvalue weighted by molar-refractivity contribution is 7.17. The van der Waals surface area contributed by atoms with Crippen LogP contribution in [0.2, 0.25) is 0 Å². The first-order valence-electron chi connectivity index (χ1n) is 5.01. The van der Waals surface area contributed by atoms with E-state index in [4.69, 9.17) is 5.11 Å². The Morgan fingerprint density at radius 3 is 2.82 bits per heavy atom. The lowest BCUT2D eigenvalue weighted by atomic mass is 10.4. The highest BCUT2D eigenvalue weighted by atomic mass is 32.1. The van der Waals surface area contributed by atoms with E-state index in [9.17, 15) is 4.79 Å². The molecule has 90 valence electrons. The maximum Gasteiger partial charge on any atom is 0.345 e. The molecule has 0 aliphatic carbocycles. The van der Waals surface area contributed by atoms with Crippen LogP contribution in [-0.2, 0) is 6.54 Å². The quantitative estimate of drug-likeness (QED) is 0.926. The van der Waals surface area contributed by atoms with Crippen LogP contribution >= 0.6 is 22.7 Å². The smallest absolute Gasteiger partial charge is 0.345 e. The summed E-state index contributed by atoms with van der Waals surface area (Å²) < 4.78 is 0. The third-order valence-electron chi connectivity index (χ3n) is 2.40. The molecule has 0 fully saturated rings. The first-order valence-corrected chi connectivity index (χ1v) is 6.71. The molecule has 0 aromatic carbocycles. The number of hydrogen-bond acceptors (Lipinski definition) is 5. The molecule has 2 rings (SSSR count). The Kier molecular flexibility index (Phi) is 3.44. The standard InChI is InChI=1S/C11H12N2O2S2/c1-7-9(16-6-12-7)5-13(2)10-4-3-8(17-10)11(14)15/h3-4,6H,5H2,1-2H3,(H,14,15). The van der Waals surface area contributed by atoms with Gasteiger partial charge in [-0.15, -0.1) is 22.7 Å². The van der Waals surface area contributed by atoms with Crippen LogP contribution in [0.5, 0.6) is 0 Å². The van der Waals surface area contributed by atoms with E-state index in [0.29, 0.717) is 4.88 Å². The number of carbonyl (C=O) groups is 1. The van der Waals surface area contributed by atoms with Crippen molar-refractivity contribution < 1.29 is 9.90 Å². The van der Waals surface area contributed by atoms with E-state index >= 15 is 0 Å². The largest absolute Gasteiger partial charge is 0.477 e. The molecule has 1 N–H and O–H groups in total. The molecule has 0 bridgehead atoms. The van der Waals surface area contributed by atoms with Gasteiger partial charge in [-0.2, -0.15) is 0 Å². The predicted molar refractivity (Wildman–Crippen MR) is 70.2 cm³/mol. The van der Waals surface area contributed by atoms with E-state index in [1.165, 1.54) is 16.2 Å². The van der Waals surface area contributed by atoms with Gasteiger partial charge in [-0.25, -0.2) is 9.78 Å². The molecular formula is C11H12N2O2S2. The van der Waals surface area contributed by atoms with Crippen molar-refractivity contribution in [2.75, 3.05) is 11.9 Å². The van der Waals surface area contributed by atoms with Crippen molar-refractivity contribution in [3.8, 4) is 0 Å². The van der Waals surface area contributed by atoms with Gasteiger partial charge >= 0.3 is 5.97 Å². The number of carboxylic acid groups (broad SMARTS) is 1. The molecule has 0 saturated heterocycles. The molecular weight excluding hydrogens is 256 g/mol. The van der Waals surface area contributed by atoms with Gasteiger partial charge in [0.2, 0.25) is 0 Å². The zero-order valence-corrected chi connectivity index (χ0v) is 11.1. The van der Waals surface area contributed by atoms with Gasteiger partial charge in [-0.3, -0.25) is 0 Å². The van der Waals surface area contributed by atoms with Crippen LogP contribution in [0, 0.1) is 6.92 Å². The Labute approximate surface area is 107 Å². The van der Waals surface area contributed by atoms with Crippen molar-refractivity contribution in [2.45, 2.75) is 13.5 Å². The second-order valence-corrected chi connectivity index (χ2v) is 5.66. The highest BCUT2D eigenvalue weighted by Gasteiger charge is 2.11. The fraction of sp³-hybridized carbons (Fsp3) is 0.273. The summed E-state index contributed by atoms with van der Waals surface area (Å²) in [5, 5.41) is 9.82. The van der Waals surface area contributed by atoms with Gasteiger partial charge in [0, 0.05) is 11.9 Å². The zero-order valence-electron chi connectivity index (χ0n) is 9.51. The lowest BCUT2D eigenvalue weighted by molar-refractivity contribution is 0.0702. The number of aromatic nitrogens is 1. The second kappa shape index (κ2) is 4.85. The number of thiophene rings is 1. The molecule has 0 spiro atoms. The summed E-state index contributed by atoms with van der Waals surface area (Å²) in [5.74, 6) is -0.872. The van der Waals surface area contributed by atoms with E-state index in [1.807, 2.05) is 30.4 Å². The third kappa shape index (κ3) is 2.65. The second-order valence-electron chi connectivity index (χ2n) is 3.66. The van der Waals surface area contributed by atoms with E-state index < -0.39 is 5.97 Å². The molecule has 0 atom stereocenters. The van der Waals surface area contributed by atoms with Gasteiger partial charge in [0.25, 0.3) is 0 Å². The van der Waals surface area contributed by atoms with Crippen LogP contribution in [-0.4, -0.2) is 23.1 Å². The molecule has 2 aromatic heterocycles. The molecule has 17 heavy (non-hydrogen) atoms. The number of hydrogen-bond donors (Lipinski definition) is 1. The Morgan fingerprint density at radius 1 is 1.53 bits per heavy atom. The maximum atomic E-state index is 10.8. The van der Waals surface area contributed by atoms with Crippen LogP contribution in [0.4, 0.5) is 5.00 Å². The topological polar surface area (TPSA) is 53.4 Å². The SMILES string of the molecule is Cc1ncsc1CN(C)c1ccc(C(=O)O)s1. The lowest BCUT2D eigenvalue weighted by Crippen LogP contribution is -2.14. The zero-order chi connectivity index (χ0) is 12.4. The number of nitrogens with zero attached hydrogens (tertiary/aromatic N) is 2. The minimum atomic E-state index is -0.872. The molecule has 0 amide bonds. The van der Waals surface area contributed by atoms with Crippen molar-refractivity contribution in [1.82, 2.24) is 4.98 Å². The van der Waals surface area contributed by atoms with Gasteiger partial charge in [0.05, 0.1) is 22.8 Å². The van der Waals surface area contributed by atoms with Crippen LogP contribution in [0.15, 0.2) is 17.6 Å². The van der Waals surface area contributed by atoms with Crippen molar-refractivity contribution >= 4 is 33.6 Å². The van der Waals surface area contributed by atoms with Crippen molar-refractivity contribution in [1.29, 1.82) is 0 Å². The summed E-state index contributed by atoms with van der Waals surface area (Å²) in [7, 11) is 1.95. The van der Waals surface area contributed by atoms with E-state index in [2.05, 4.69) is 4.98 Å². The summed E-state index contributed by atoms with van der Waals surface area (Å²) in [4.78, 5) is 18.6. The Hall–Kier alpha value is -1.40. The summed E-state index contributed by atoms with van der Waals surface area (Å²) in [6.45, 7) is 2.74. The fourth-order valence-corrected chi connectivity index (χ4v) is 3.05. The number of aryl methyl sites for hydroxylation is 1. The molecule has 0 radical (unpaired) electrons. The summed E-state index contributed by atoms with van der Waals surface area (Å²) in [5.41, 5.74) is 2.87. The molecule has 0 aliphatic rings. The van der Waals surface area contributed by atoms with E-state index in [1.54, 1.807) is 17.4 Å². The normalized spacial score (nSPS) is 10.5. The van der Waals surface area contributed by atoms with Gasteiger partial charge in [0.15, 0.2) is 0 Å². The number of rotatable bonds is 4. The van der Waals surface area contributed by atoms with Crippen LogP contribution in [0.1, 0.15) is 20.2 Å². The average Bonchev–Trinajstić information content (AvgIpc) is 2.88. The Balaban J connectivity index is 2.12. The summed E-state index contributed by atoms with van der Waals surface area (Å²) >= 11 is 2.91. The number of thiazole rings is 1. The fourth-order valence-electron chi connectivity index (χ4n) is 1.42. The van der Waals surface area contributed by atoms with Gasteiger partial charge in [0.1, 0.15) is 4.88 Å². The van der Waals surface area contributed by atoms with Crippen molar-refractivity contribution in [3.05, 3.63) is 33.1 Å². The third-order valence-corrected chi connectivity index (χ3v) is 4.51. The first kappa shape index (κ1) is 12.1. The van der Waals surface area contributed by atoms with Crippen molar-refractivity contribution in [3.63, 3.8) is 0 Å². The number of anilines is 1. The van der Waals surface area contributed by atoms with Crippen molar-refractivity contribution in [2.24, 2.45) is 0 Å². The lowest BCUT2D eigenvalue weighted by Gasteiger charge is -2.15. The van der Waals surface area contributed by atoms with Gasteiger partial charge < -0.3 is 10.0 Å². The molecule has 2 aromatic rings. The Morgan fingerprint density at radius 2 is 2.29 bits per heavy atom. The summed E-state index contributed by atoms with van der Waals surface area (Å²) in [6, 6.07) is 3.48. The Bertz CT molecular complexity index is 533. The molecule has 0 unspecified atom stereocenters. The average molecular weight is 268 g/mol. The van der Waals surface area contributed by atoms with E-state index in [0.717, 1.165) is 17.2 Å². The highest BCUT2D eigenvalue weighted by Crippen LogP contribution is 2.27. The van der Waals surface area contributed by atoms with Gasteiger partial charge in [-0.05, 0) is 19.1 Å². The first-order chi connectivity index (χ1) is 8.08. The van der Waals surface area contributed by atoms with E-state index in [-0.39, 0.29) is 0 Å². The predicted octanol–water partition coefficient (Wildman–Crippen LogP) is 2.85. The monoisotopic (exact) mass is 268 g/mol. The number of carboxylic acids is 1. The van der Waals surface area contributed by atoms with Crippen LogP contribution in [0.3, 0.4) is 0 Å². The molecule has 4 nitrogen and oxygen atoms in total. The molecule has 6 heteroatoms. The number of aromatic carboxylic acids is 1. The molecule has 0 saturated carbocycles. The van der Waals surface area contributed by atoms with Gasteiger partial charge in [-0.1, -0.05) is 0 Å².